The van der Waals surface area contributed by atoms with Crippen LogP contribution in [0.2, 0.25) is 10.0 Å². The number of halogens is 2. The van der Waals surface area contributed by atoms with Gasteiger partial charge in [0.2, 0.25) is 10.0 Å². The van der Waals surface area contributed by atoms with E-state index in [1.165, 1.54) is 12.1 Å². The van der Waals surface area contributed by atoms with Gasteiger partial charge >= 0.3 is 0 Å². The van der Waals surface area contributed by atoms with Crippen LogP contribution in [0.4, 0.5) is 0 Å². The van der Waals surface area contributed by atoms with E-state index in [2.05, 4.69) is 5.32 Å². The summed E-state index contributed by atoms with van der Waals surface area (Å²) >= 11 is 11.8. The zero-order valence-corrected chi connectivity index (χ0v) is 13.3. The van der Waals surface area contributed by atoms with Crippen LogP contribution in [0.25, 0.3) is 0 Å². The van der Waals surface area contributed by atoms with Gasteiger partial charge in [-0.1, -0.05) is 41.4 Å². The third-order valence-corrected chi connectivity index (χ3v) is 4.56. The summed E-state index contributed by atoms with van der Waals surface area (Å²) in [5.41, 5.74) is 1.98. The summed E-state index contributed by atoms with van der Waals surface area (Å²) in [6.07, 6.45) is 0. The molecule has 0 amide bonds. The fourth-order valence-electron chi connectivity index (χ4n) is 1.80. The quantitative estimate of drug-likeness (QED) is 0.875. The van der Waals surface area contributed by atoms with Crippen molar-refractivity contribution in [1.29, 1.82) is 0 Å². The number of benzene rings is 2. The highest BCUT2D eigenvalue weighted by atomic mass is 35.5. The lowest BCUT2D eigenvalue weighted by Gasteiger charge is -2.07. The van der Waals surface area contributed by atoms with Crippen LogP contribution in [0.15, 0.2) is 47.4 Å². The molecule has 0 saturated carbocycles. The highest BCUT2D eigenvalue weighted by Gasteiger charge is 2.06. The number of hydrogen-bond acceptors (Lipinski definition) is 3. The minimum absolute atomic E-state index is 0.107. The first-order valence-corrected chi connectivity index (χ1v) is 8.43. The SMILES string of the molecule is NS(=O)(=O)c1ccc(CNCc2ccc(Cl)c(Cl)c2)cc1. The predicted octanol–water partition coefficient (Wildman–Crippen LogP) is 2.93. The van der Waals surface area contributed by atoms with E-state index in [0.717, 1.165) is 11.1 Å². The van der Waals surface area contributed by atoms with Gasteiger partial charge in [-0.2, -0.15) is 0 Å². The molecule has 0 heterocycles. The minimum atomic E-state index is -3.64. The first-order chi connectivity index (χ1) is 9.86. The second kappa shape index (κ2) is 6.77. The molecule has 0 unspecified atom stereocenters. The molecule has 7 heteroatoms. The lowest BCUT2D eigenvalue weighted by molar-refractivity contribution is 0.597. The Hall–Kier alpha value is -1.11. The Kier molecular flexibility index (Phi) is 5.24. The summed E-state index contributed by atoms with van der Waals surface area (Å²) in [6.45, 7) is 1.24. The smallest absolute Gasteiger partial charge is 0.238 e. The molecule has 0 aliphatic carbocycles. The number of sulfonamides is 1. The summed E-state index contributed by atoms with van der Waals surface area (Å²) < 4.78 is 22.3. The van der Waals surface area contributed by atoms with E-state index in [0.29, 0.717) is 23.1 Å². The van der Waals surface area contributed by atoms with Crippen LogP contribution in [0.3, 0.4) is 0 Å². The number of nitrogens with two attached hydrogens (primary N) is 1. The van der Waals surface area contributed by atoms with E-state index in [1.807, 2.05) is 6.07 Å². The Labute approximate surface area is 133 Å². The van der Waals surface area contributed by atoms with E-state index in [9.17, 15) is 8.42 Å². The van der Waals surface area contributed by atoms with Gasteiger partial charge in [-0.3, -0.25) is 0 Å². The van der Waals surface area contributed by atoms with Crippen LogP contribution < -0.4 is 10.5 Å². The minimum Gasteiger partial charge on any atom is -0.309 e. The molecule has 4 nitrogen and oxygen atoms in total. The lowest BCUT2D eigenvalue weighted by Crippen LogP contribution is -2.14. The molecule has 0 saturated heterocycles. The van der Waals surface area contributed by atoms with Crippen molar-refractivity contribution in [2.45, 2.75) is 18.0 Å². The van der Waals surface area contributed by atoms with Crippen LogP contribution in [0.1, 0.15) is 11.1 Å². The average molecular weight is 345 g/mol. The van der Waals surface area contributed by atoms with Gasteiger partial charge in [0.15, 0.2) is 0 Å². The first-order valence-electron chi connectivity index (χ1n) is 6.12. The lowest BCUT2D eigenvalue weighted by atomic mass is 10.2. The van der Waals surface area contributed by atoms with Crippen molar-refractivity contribution in [2.75, 3.05) is 0 Å². The topological polar surface area (TPSA) is 72.2 Å². The van der Waals surface area contributed by atoms with Crippen molar-refractivity contribution >= 4 is 33.2 Å². The van der Waals surface area contributed by atoms with Crippen LogP contribution in [0.5, 0.6) is 0 Å². The second-order valence-corrected chi connectivity index (χ2v) is 6.92. The Bertz CT molecular complexity index is 731. The van der Waals surface area contributed by atoms with Gasteiger partial charge in [0, 0.05) is 13.1 Å². The van der Waals surface area contributed by atoms with Crippen molar-refractivity contribution in [1.82, 2.24) is 5.32 Å². The van der Waals surface area contributed by atoms with Crippen molar-refractivity contribution in [3.05, 3.63) is 63.6 Å². The summed E-state index contributed by atoms with van der Waals surface area (Å²) in [5, 5.41) is 9.33. The molecule has 0 spiro atoms. The zero-order valence-electron chi connectivity index (χ0n) is 11.0. The maximum absolute atomic E-state index is 11.1. The van der Waals surface area contributed by atoms with E-state index in [-0.39, 0.29) is 4.90 Å². The fourth-order valence-corrected chi connectivity index (χ4v) is 2.63. The highest BCUT2D eigenvalue weighted by Crippen LogP contribution is 2.22. The summed E-state index contributed by atoms with van der Waals surface area (Å²) in [5.74, 6) is 0. The van der Waals surface area contributed by atoms with E-state index in [4.69, 9.17) is 28.3 Å². The fraction of sp³-hybridized carbons (Fsp3) is 0.143. The number of primary sulfonamides is 1. The maximum atomic E-state index is 11.1. The predicted molar refractivity (Wildman–Crippen MR) is 84.8 cm³/mol. The second-order valence-electron chi connectivity index (χ2n) is 4.54. The van der Waals surface area contributed by atoms with E-state index in [1.54, 1.807) is 24.3 Å². The summed E-state index contributed by atoms with van der Waals surface area (Å²) in [6, 6.07) is 11.9. The molecule has 0 aromatic heterocycles. The molecule has 0 fully saturated rings. The molecule has 21 heavy (non-hydrogen) atoms. The zero-order chi connectivity index (χ0) is 15.5. The number of rotatable bonds is 5. The summed E-state index contributed by atoms with van der Waals surface area (Å²) in [4.78, 5) is 0.107. The molecule has 2 aromatic carbocycles. The van der Waals surface area contributed by atoms with Gasteiger partial charge in [-0.25, -0.2) is 13.6 Å². The molecule has 112 valence electrons. The molecule has 0 atom stereocenters. The molecule has 0 aliphatic rings. The van der Waals surface area contributed by atoms with Crippen molar-refractivity contribution in [3.8, 4) is 0 Å². The largest absolute Gasteiger partial charge is 0.309 e. The third kappa shape index (κ3) is 4.69. The Morgan fingerprint density at radius 3 is 2.05 bits per heavy atom. The third-order valence-electron chi connectivity index (χ3n) is 2.89. The number of hydrogen-bond donors (Lipinski definition) is 2. The normalized spacial score (nSPS) is 11.6. The molecular weight excluding hydrogens is 331 g/mol. The van der Waals surface area contributed by atoms with Gasteiger partial charge < -0.3 is 5.32 Å². The Morgan fingerprint density at radius 2 is 1.48 bits per heavy atom. The van der Waals surface area contributed by atoms with Crippen LogP contribution >= 0.6 is 23.2 Å². The first kappa shape index (κ1) is 16.3. The monoisotopic (exact) mass is 344 g/mol. The van der Waals surface area contributed by atoms with E-state index >= 15 is 0 Å². The Balaban J connectivity index is 1.93. The molecule has 0 aliphatic heterocycles. The van der Waals surface area contributed by atoms with Gasteiger partial charge in [-0.05, 0) is 35.4 Å². The molecule has 2 rings (SSSR count). The van der Waals surface area contributed by atoms with Crippen molar-refractivity contribution in [3.63, 3.8) is 0 Å². The number of nitrogens with one attached hydrogen (secondary N) is 1. The van der Waals surface area contributed by atoms with Crippen molar-refractivity contribution < 1.29 is 8.42 Å². The van der Waals surface area contributed by atoms with Gasteiger partial charge in [0.05, 0.1) is 14.9 Å². The molecule has 2 aromatic rings. The molecule has 0 radical (unpaired) electrons. The maximum Gasteiger partial charge on any atom is 0.238 e. The summed E-state index contributed by atoms with van der Waals surface area (Å²) in [7, 11) is -3.64. The molecule has 0 bridgehead atoms. The molecule has 3 N–H and O–H groups in total. The van der Waals surface area contributed by atoms with Gasteiger partial charge in [0.1, 0.15) is 0 Å². The van der Waals surface area contributed by atoms with Gasteiger partial charge in [0.25, 0.3) is 0 Å². The van der Waals surface area contributed by atoms with Crippen LogP contribution in [-0.4, -0.2) is 8.42 Å². The van der Waals surface area contributed by atoms with Gasteiger partial charge in [-0.15, -0.1) is 0 Å². The molecular formula is C14H14Cl2N2O2S. The van der Waals surface area contributed by atoms with E-state index < -0.39 is 10.0 Å². The van der Waals surface area contributed by atoms with Crippen LogP contribution in [-0.2, 0) is 23.1 Å². The van der Waals surface area contributed by atoms with Crippen molar-refractivity contribution in [2.24, 2.45) is 5.14 Å². The van der Waals surface area contributed by atoms with Crippen LogP contribution in [0, 0.1) is 0 Å². The average Bonchev–Trinajstić information content (AvgIpc) is 2.42. The standard InChI is InChI=1S/C14H14Cl2N2O2S/c15-13-6-3-11(7-14(13)16)9-18-8-10-1-4-12(5-2-10)21(17,19)20/h1-7,18H,8-9H2,(H2,17,19,20). The highest BCUT2D eigenvalue weighted by molar-refractivity contribution is 7.89. The Morgan fingerprint density at radius 1 is 0.905 bits per heavy atom.